The van der Waals surface area contributed by atoms with Gasteiger partial charge >= 0.3 is 0 Å². The van der Waals surface area contributed by atoms with Crippen molar-refractivity contribution in [3.05, 3.63) is 273 Å². The molecule has 2 N–H and O–H groups in total. The molecular weight excluding hydrogens is 1600 g/mol. The standard InChI is InChI=1S/C80H52Cl14N8O2/c1-77(2,35-21-13-9-14-22-35)39-29-31-43(41(33-39)79(5,6)37-25-17-11-18-26-37)103-67-59(87)51-49(57(85)65(67)93)73-98-71-46-45(53(81)61(89)62(90)54(46)82)69(96-71)95-70-47-48(56(84)64(92)63(91)55(47)83)72(97-70)99-75-52-50(74(101-75)102-76(51)100-73)58(86)66(94)68(60(52)88)104-44-32-30-40(78(3,4)36-23-15-10-16-24-36)34-42(44)80(7,8)38-27-19-12-20-28-38/h9-34H,1-8H3,(H2,95,96,97,98,99,100,101,102). The molecule has 0 fully saturated rings. The maximum atomic E-state index is 7.91. The fourth-order valence-corrected chi connectivity index (χ4v) is 17.5. The van der Waals surface area contributed by atoms with Gasteiger partial charge in [-0.1, -0.05) is 363 Å². The molecule has 0 aliphatic carbocycles. The summed E-state index contributed by atoms with van der Waals surface area (Å²) in [5, 5.41) is -0.668. The van der Waals surface area contributed by atoms with Crippen LogP contribution in [0.5, 0.6) is 23.0 Å². The van der Waals surface area contributed by atoms with Crippen molar-refractivity contribution in [2.45, 2.75) is 77.0 Å². The summed E-state index contributed by atoms with van der Waals surface area (Å²) in [7, 11) is 0. The molecular formula is C80H52Cl14N8O2. The van der Waals surface area contributed by atoms with E-state index in [1.54, 1.807) is 0 Å². The van der Waals surface area contributed by atoms with Gasteiger partial charge in [0.15, 0.2) is 34.8 Å². The highest BCUT2D eigenvalue weighted by Crippen LogP contribution is 2.58. The molecule has 522 valence electrons. The van der Waals surface area contributed by atoms with Crippen LogP contribution in [-0.2, 0) is 21.7 Å². The van der Waals surface area contributed by atoms with Crippen LogP contribution in [0.1, 0.15) is 99.9 Å². The van der Waals surface area contributed by atoms with Crippen molar-refractivity contribution < 1.29 is 9.47 Å². The van der Waals surface area contributed by atoms with E-state index in [-0.39, 0.29) is 172 Å². The summed E-state index contributed by atoms with van der Waals surface area (Å²) in [5.74, 6) is 0.360. The van der Waals surface area contributed by atoms with Crippen molar-refractivity contribution in [3.63, 3.8) is 0 Å². The van der Waals surface area contributed by atoms with Gasteiger partial charge in [-0.3, -0.25) is 0 Å². The SMILES string of the molecule is CC(C)(c1ccccc1)c1ccc(Oc2c(Cl)c(Cl)c3c(c2Cl)-c2nc-3nc3[nH]c(nc4nc(nc5[nH]c(n2)c2c(Cl)c(Cl)c(Cl)c(Cl)c52)-c2c(Cl)c(Cl)c(Cl)c(Cl)c2-4)c2c(Cl)c(Cl)c(Oc4ccc(C(C)(C)c5ccccc5)cc4C(C)(C)c4ccccc4)c(Cl)c32)c(C(C)(C)c2ccccc2)c1. The summed E-state index contributed by atoms with van der Waals surface area (Å²) in [6.07, 6.45) is 0. The van der Waals surface area contributed by atoms with Gasteiger partial charge in [0.05, 0.1) is 104 Å². The van der Waals surface area contributed by atoms with E-state index in [9.17, 15) is 0 Å². The van der Waals surface area contributed by atoms with E-state index in [1.165, 1.54) is 0 Å². The zero-order chi connectivity index (χ0) is 73.7. The number of aromatic nitrogens is 8. The lowest BCUT2D eigenvalue weighted by molar-refractivity contribution is 0.461. The minimum Gasteiger partial charge on any atom is -0.454 e. The highest BCUT2D eigenvalue weighted by atomic mass is 35.5. The van der Waals surface area contributed by atoms with Crippen molar-refractivity contribution in [1.82, 2.24) is 39.9 Å². The molecule has 0 saturated carbocycles. The number of halogens is 14. The van der Waals surface area contributed by atoms with Crippen molar-refractivity contribution in [2.24, 2.45) is 0 Å². The monoisotopic (exact) mass is 1650 g/mol. The second kappa shape index (κ2) is 27.2. The molecule has 104 heavy (non-hydrogen) atoms. The van der Waals surface area contributed by atoms with E-state index >= 15 is 0 Å². The highest BCUT2D eigenvalue weighted by molar-refractivity contribution is 6.57. The molecule has 0 unspecified atom stereocenters. The first-order valence-electron chi connectivity index (χ1n) is 32.3. The van der Waals surface area contributed by atoms with E-state index in [0.29, 0.717) is 11.5 Å². The number of H-pyrrole nitrogens is 2. The van der Waals surface area contributed by atoms with Crippen LogP contribution in [0.25, 0.3) is 89.7 Å². The molecule has 24 heteroatoms. The van der Waals surface area contributed by atoms with E-state index in [4.69, 9.17) is 202 Å². The van der Waals surface area contributed by atoms with Crippen molar-refractivity contribution >= 4 is 207 Å². The van der Waals surface area contributed by atoms with Crippen LogP contribution in [-0.4, -0.2) is 39.9 Å². The molecule has 0 amide bonds. The van der Waals surface area contributed by atoms with Crippen LogP contribution >= 0.6 is 162 Å². The van der Waals surface area contributed by atoms with Gasteiger partial charge in [-0.25, -0.2) is 29.9 Å². The molecule has 0 radical (unpaired) electrons. The number of ether oxygens (including phenoxy) is 2. The van der Waals surface area contributed by atoms with Gasteiger partial charge in [-0.2, -0.15) is 0 Å². The van der Waals surface area contributed by atoms with Gasteiger partial charge in [0.25, 0.3) is 0 Å². The predicted octanol–water partition coefficient (Wildman–Crippen LogP) is 28.9. The second-order valence-corrected chi connectivity index (χ2v) is 32.5. The lowest BCUT2D eigenvalue weighted by atomic mass is 9.73. The number of hydrogen-bond donors (Lipinski definition) is 2. The van der Waals surface area contributed by atoms with E-state index in [2.05, 4.69) is 126 Å². The number of rotatable bonds is 12. The minimum absolute atomic E-state index is 0.00320. The Hall–Kier alpha value is -6.78. The summed E-state index contributed by atoms with van der Waals surface area (Å²) < 4.78 is 14.3. The second-order valence-electron chi connectivity index (χ2n) is 27.3. The Morgan fingerprint density at radius 1 is 0.250 bits per heavy atom. The third-order valence-electron chi connectivity index (χ3n) is 19.9. The topological polar surface area (TPSA) is 127 Å². The molecule has 8 bridgehead atoms. The Morgan fingerprint density at radius 2 is 0.510 bits per heavy atom. The predicted molar refractivity (Wildman–Crippen MR) is 434 cm³/mol. The Kier molecular flexibility index (Phi) is 19.0. The van der Waals surface area contributed by atoms with Crippen LogP contribution in [0.4, 0.5) is 0 Å². The molecule has 2 aliphatic rings. The Balaban J connectivity index is 1.03. The number of nitrogens with one attached hydrogen (secondary N) is 2. The number of hydrogen-bond acceptors (Lipinski definition) is 8. The van der Waals surface area contributed by atoms with Gasteiger partial charge in [0, 0.05) is 32.8 Å². The van der Waals surface area contributed by atoms with Gasteiger partial charge in [0.2, 0.25) is 0 Å². The van der Waals surface area contributed by atoms with Gasteiger partial charge in [-0.15, -0.1) is 0 Å². The number of nitrogens with zero attached hydrogens (tertiary/aromatic N) is 6. The summed E-state index contributed by atoms with van der Waals surface area (Å²) >= 11 is 103. The lowest BCUT2D eigenvalue weighted by Gasteiger charge is -2.32. The first-order chi connectivity index (χ1) is 49.4. The highest BCUT2D eigenvalue weighted by Gasteiger charge is 2.39. The van der Waals surface area contributed by atoms with Gasteiger partial charge < -0.3 is 19.4 Å². The first-order valence-corrected chi connectivity index (χ1v) is 37.6. The normalized spacial score (nSPS) is 12.5. The molecule has 0 atom stereocenters. The van der Waals surface area contributed by atoms with Crippen LogP contribution in [0, 0.1) is 0 Å². The van der Waals surface area contributed by atoms with E-state index < -0.39 is 21.7 Å². The van der Waals surface area contributed by atoms with Crippen molar-refractivity contribution in [3.8, 4) is 68.5 Å². The Labute approximate surface area is 667 Å². The third-order valence-corrected chi connectivity index (χ3v) is 25.9. The lowest BCUT2D eigenvalue weighted by Crippen LogP contribution is -2.23. The number of fused-ring (bicyclic) bond motifs is 20. The quantitative estimate of drug-likeness (QED) is 0.0915. The molecule has 10 nitrogen and oxygen atoms in total. The van der Waals surface area contributed by atoms with Crippen LogP contribution in [0.2, 0.25) is 70.3 Å². The van der Waals surface area contributed by atoms with E-state index in [0.717, 1.165) is 44.5 Å². The maximum absolute atomic E-state index is 7.91. The zero-order valence-corrected chi connectivity index (χ0v) is 66.4. The van der Waals surface area contributed by atoms with Gasteiger partial charge in [0.1, 0.15) is 44.1 Å². The number of aromatic amines is 2. The molecule has 13 aromatic rings. The molecule has 3 aromatic heterocycles. The molecule has 2 aliphatic heterocycles. The third kappa shape index (κ3) is 11.8. The smallest absolute Gasteiger partial charge is 0.166 e. The maximum Gasteiger partial charge on any atom is 0.166 e. The van der Waals surface area contributed by atoms with E-state index in [1.807, 2.05) is 97.1 Å². The summed E-state index contributed by atoms with van der Waals surface area (Å²) in [6, 6.07) is 52.9. The van der Waals surface area contributed by atoms with Crippen LogP contribution in [0.3, 0.4) is 0 Å². The fraction of sp³-hybridized carbons (Fsp3) is 0.150. The zero-order valence-electron chi connectivity index (χ0n) is 55.8. The van der Waals surface area contributed by atoms with Gasteiger partial charge in [-0.05, 0) is 45.5 Å². The molecule has 15 rings (SSSR count). The molecule has 0 spiro atoms. The average Bonchev–Trinajstić information content (AvgIpc) is 1.54. The molecule has 0 saturated heterocycles. The molecule has 10 aromatic carbocycles. The average molecular weight is 1650 g/mol. The Morgan fingerprint density at radius 3 is 0.846 bits per heavy atom. The summed E-state index contributed by atoms with van der Waals surface area (Å²) in [4.78, 5) is 37.6. The summed E-state index contributed by atoms with van der Waals surface area (Å²) in [5.41, 5.74) is 5.96. The minimum atomic E-state index is -0.693. The Bertz CT molecular complexity index is 5990. The fourth-order valence-electron chi connectivity index (χ4n) is 13.7. The van der Waals surface area contributed by atoms with Crippen molar-refractivity contribution in [2.75, 3.05) is 0 Å². The summed E-state index contributed by atoms with van der Waals surface area (Å²) in [6.45, 7) is 17.2. The van der Waals surface area contributed by atoms with Crippen molar-refractivity contribution in [1.29, 1.82) is 0 Å². The molecule has 5 heterocycles. The van der Waals surface area contributed by atoms with Crippen LogP contribution < -0.4 is 9.47 Å². The first kappa shape index (κ1) is 72.8. The largest absolute Gasteiger partial charge is 0.454 e. The number of benzene rings is 10. The van der Waals surface area contributed by atoms with Crippen LogP contribution in [0.15, 0.2) is 158 Å².